The van der Waals surface area contributed by atoms with Crippen LogP contribution in [0.5, 0.6) is 0 Å². The van der Waals surface area contributed by atoms with Crippen molar-refractivity contribution in [3.05, 3.63) is 96.1 Å². The van der Waals surface area contributed by atoms with Gasteiger partial charge in [0.05, 0.1) is 22.3 Å². The average molecular weight is 412 g/mol. The summed E-state index contributed by atoms with van der Waals surface area (Å²) in [4.78, 5) is 44.0. The standard InChI is InChI=1S/C14H14O4.C8H6O4/c1-3-8-17-13(15)11-6-5-7-12(10-11)14(16)18-9-4-2;9-7(10)5-3-1-2-4-6(5)8(11)12/h3-7,10H,1-2,8-9H2;1-4H,(H,9,10)(H,11,12). The van der Waals surface area contributed by atoms with E-state index in [0.29, 0.717) is 11.1 Å². The molecule has 0 aromatic heterocycles. The molecular weight excluding hydrogens is 392 g/mol. The van der Waals surface area contributed by atoms with Crippen LogP contribution in [-0.4, -0.2) is 47.3 Å². The molecule has 156 valence electrons. The quantitative estimate of drug-likeness (QED) is 0.498. The van der Waals surface area contributed by atoms with Crippen molar-refractivity contribution in [1.29, 1.82) is 0 Å². The number of carbonyl (C=O) groups excluding carboxylic acids is 2. The van der Waals surface area contributed by atoms with Gasteiger partial charge in [0.15, 0.2) is 0 Å². The maximum absolute atomic E-state index is 11.6. The van der Waals surface area contributed by atoms with Gasteiger partial charge in [-0.15, -0.1) is 0 Å². The summed E-state index contributed by atoms with van der Waals surface area (Å²) in [6.07, 6.45) is 2.94. The number of aromatic carboxylic acids is 2. The van der Waals surface area contributed by atoms with Gasteiger partial charge in [-0.05, 0) is 30.3 Å². The minimum absolute atomic E-state index is 0.129. The van der Waals surface area contributed by atoms with Gasteiger partial charge in [0.1, 0.15) is 13.2 Å². The first kappa shape index (κ1) is 23.8. The van der Waals surface area contributed by atoms with E-state index in [1.807, 2.05) is 0 Å². The van der Waals surface area contributed by atoms with Crippen LogP contribution in [0.2, 0.25) is 0 Å². The molecule has 0 heterocycles. The summed E-state index contributed by atoms with van der Waals surface area (Å²) in [6, 6.07) is 11.6. The Bertz CT molecular complexity index is 873. The lowest BCUT2D eigenvalue weighted by molar-refractivity contribution is 0.0546. The number of carboxylic acid groups (broad SMARTS) is 2. The van der Waals surface area contributed by atoms with Crippen molar-refractivity contribution in [3.63, 3.8) is 0 Å². The summed E-state index contributed by atoms with van der Waals surface area (Å²) in [6.45, 7) is 7.15. The molecule has 30 heavy (non-hydrogen) atoms. The minimum atomic E-state index is -1.23. The fourth-order valence-electron chi connectivity index (χ4n) is 2.07. The normalized spacial score (nSPS) is 9.33. The zero-order valence-corrected chi connectivity index (χ0v) is 15.9. The van der Waals surface area contributed by atoms with Crippen molar-refractivity contribution < 1.29 is 38.9 Å². The first-order valence-electron chi connectivity index (χ1n) is 8.53. The Morgan fingerprint density at radius 3 is 1.47 bits per heavy atom. The molecule has 0 fully saturated rings. The Balaban J connectivity index is 0.000000325. The van der Waals surface area contributed by atoms with Crippen molar-refractivity contribution in [2.24, 2.45) is 0 Å². The molecular formula is C22H20O8. The molecule has 0 aliphatic carbocycles. The molecule has 2 rings (SSSR count). The van der Waals surface area contributed by atoms with Crippen LogP contribution in [0.1, 0.15) is 41.4 Å². The van der Waals surface area contributed by atoms with E-state index in [2.05, 4.69) is 13.2 Å². The Morgan fingerprint density at radius 2 is 1.13 bits per heavy atom. The van der Waals surface area contributed by atoms with Crippen molar-refractivity contribution in [1.82, 2.24) is 0 Å². The summed E-state index contributed by atoms with van der Waals surface area (Å²) < 4.78 is 9.74. The topological polar surface area (TPSA) is 127 Å². The highest BCUT2D eigenvalue weighted by Crippen LogP contribution is 2.09. The molecule has 0 unspecified atom stereocenters. The van der Waals surface area contributed by atoms with Crippen LogP contribution in [0.4, 0.5) is 0 Å². The molecule has 2 N–H and O–H groups in total. The summed E-state index contributed by atoms with van der Waals surface area (Å²) >= 11 is 0. The lowest BCUT2D eigenvalue weighted by Crippen LogP contribution is -2.09. The Hall–Kier alpha value is -4.20. The average Bonchev–Trinajstić information content (AvgIpc) is 2.76. The number of hydrogen-bond donors (Lipinski definition) is 2. The van der Waals surface area contributed by atoms with Crippen molar-refractivity contribution in [2.75, 3.05) is 13.2 Å². The second kappa shape index (κ2) is 12.3. The first-order valence-corrected chi connectivity index (χ1v) is 8.53. The number of rotatable bonds is 8. The molecule has 0 spiro atoms. The zero-order valence-electron chi connectivity index (χ0n) is 15.9. The van der Waals surface area contributed by atoms with Gasteiger partial charge >= 0.3 is 23.9 Å². The highest BCUT2D eigenvalue weighted by Gasteiger charge is 2.14. The minimum Gasteiger partial charge on any atom is -0.478 e. The van der Waals surface area contributed by atoms with Crippen LogP contribution in [0.25, 0.3) is 0 Å². The highest BCUT2D eigenvalue weighted by molar-refractivity contribution is 6.01. The zero-order chi connectivity index (χ0) is 22.5. The molecule has 2 aromatic rings. The second-order valence-electron chi connectivity index (χ2n) is 5.51. The smallest absolute Gasteiger partial charge is 0.338 e. The van der Waals surface area contributed by atoms with E-state index in [1.54, 1.807) is 18.2 Å². The number of esters is 2. The van der Waals surface area contributed by atoms with E-state index >= 15 is 0 Å². The first-order chi connectivity index (χ1) is 14.3. The number of carbonyl (C=O) groups is 4. The molecule has 2 aromatic carbocycles. The molecule has 8 nitrogen and oxygen atoms in total. The van der Waals surface area contributed by atoms with E-state index in [4.69, 9.17) is 19.7 Å². The third kappa shape index (κ3) is 7.43. The number of benzene rings is 2. The maximum atomic E-state index is 11.6. The SMILES string of the molecule is C=CCOC(=O)c1cccc(C(=O)OCC=C)c1.O=C(O)c1ccccc1C(=O)O. The Kier molecular flexibility index (Phi) is 9.77. The fourth-order valence-corrected chi connectivity index (χ4v) is 2.07. The van der Waals surface area contributed by atoms with E-state index in [0.717, 1.165) is 0 Å². The van der Waals surface area contributed by atoms with Gasteiger partial charge in [-0.3, -0.25) is 0 Å². The molecule has 0 aliphatic rings. The monoisotopic (exact) mass is 412 g/mol. The molecule has 8 heteroatoms. The summed E-state index contributed by atoms with van der Waals surface area (Å²) in [5, 5.41) is 17.1. The lowest BCUT2D eigenvalue weighted by Gasteiger charge is -2.05. The molecule has 0 atom stereocenters. The molecule has 0 saturated carbocycles. The van der Waals surface area contributed by atoms with Crippen LogP contribution < -0.4 is 0 Å². The van der Waals surface area contributed by atoms with Gasteiger partial charge in [-0.1, -0.05) is 43.5 Å². The Morgan fingerprint density at radius 1 is 0.733 bits per heavy atom. The molecule has 0 amide bonds. The lowest BCUT2D eigenvalue weighted by atomic mass is 10.1. The second-order valence-corrected chi connectivity index (χ2v) is 5.51. The molecule has 0 saturated heterocycles. The maximum Gasteiger partial charge on any atom is 0.338 e. The summed E-state index contributed by atoms with van der Waals surface area (Å²) in [7, 11) is 0. The number of ether oxygens (including phenoxy) is 2. The molecule has 0 radical (unpaired) electrons. The van der Waals surface area contributed by atoms with E-state index < -0.39 is 23.9 Å². The predicted octanol–water partition coefficient (Wildman–Crippen LogP) is 3.46. The van der Waals surface area contributed by atoms with Gasteiger partial charge in [0, 0.05) is 0 Å². The van der Waals surface area contributed by atoms with Gasteiger partial charge in [-0.2, -0.15) is 0 Å². The predicted molar refractivity (Wildman–Crippen MR) is 108 cm³/mol. The largest absolute Gasteiger partial charge is 0.478 e. The number of hydrogen-bond acceptors (Lipinski definition) is 6. The van der Waals surface area contributed by atoms with Crippen molar-refractivity contribution in [3.8, 4) is 0 Å². The highest BCUT2D eigenvalue weighted by atomic mass is 16.5. The van der Waals surface area contributed by atoms with Crippen LogP contribution in [0.3, 0.4) is 0 Å². The number of carboxylic acids is 2. The van der Waals surface area contributed by atoms with E-state index in [1.165, 1.54) is 42.5 Å². The van der Waals surface area contributed by atoms with Gasteiger partial charge in [0.2, 0.25) is 0 Å². The van der Waals surface area contributed by atoms with E-state index in [-0.39, 0.29) is 24.3 Å². The van der Waals surface area contributed by atoms with Gasteiger partial charge < -0.3 is 19.7 Å². The third-order valence-electron chi connectivity index (χ3n) is 3.39. The van der Waals surface area contributed by atoms with E-state index in [9.17, 15) is 19.2 Å². The summed E-state index contributed by atoms with van der Waals surface area (Å²) in [5.74, 6) is -3.47. The van der Waals surface area contributed by atoms with Crippen molar-refractivity contribution >= 4 is 23.9 Å². The van der Waals surface area contributed by atoms with Crippen LogP contribution in [0.15, 0.2) is 73.8 Å². The van der Waals surface area contributed by atoms with Crippen molar-refractivity contribution in [2.45, 2.75) is 0 Å². The summed E-state index contributed by atoms with van der Waals surface area (Å²) in [5.41, 5.74) is 0.213. The molecule has 0 aliphatic heterocycles. The van der Waals surface area contributed by atoms with Crippen LogP contribution >= 0.6 is 0 Å². The van der Waals surface area contributed by atoms with Gasteiger partial charge in [0.25, 0.3) is 0 Å². The van der Waals surface area contributed by atoms with Crippen LogP contribution in [0, 0.1) is 0 Å². The van der Waals surface area contributed by atoms with Crippen LogP contribution in [-0.2, 0) is 9.47 Å². The fraction of sp³-hybridized carbons (Fsp3) is 0.0909. The van der Waals surface area contributed by atoms with Gasteiger partial charge in [-0.25, -0.2) is 19.2 Å². The Labute approximate surface area is 172 Å². The third-order valence-corrected chi connectivity index (χ3v) is 3.39. The molecule has 0 bridgehead atoms.